The van der Waals surface area contributed by atoms with E-state index in [0.29, 0.717) is 12.2 Å². The molecule has 0 aliphatic heterocycles. The standard InChI is InChI=1S/C4H4O4.Pb/c5-3(6)1-2-4(7)8;/h1-2H,(H,5,6)(H,7,8);/q;+2/p-2/b2-1+;. The predicted octanol–water partition coefficient (Wildman–Crippen LogP) is -3.34. The van der Waals surface area contributed by atoms with E-state index in [2.05, 4.69) is 0 Å². The van der Waals surface area contributed by atoms with Crippen LogP contribution >= 0.6 is 0 Å². The van der Waals surface area contributed by atoms with Crippen molar-refractivity contribution >= 4 is 39.2 Å². The van der Waals surface area contributed by atoms with Crippen LogP contribution < -0.4 is 10.2 Å². The van der Waals surface area contributed by atoms with Gasteiger partial charge in [-0.25, -0.2) is 0 Å². The summed E-state index contributed by atoms with van der Waals surface area (Å²) in [5.41, 5.74) is 0. The van der Waals surface area contributed by atoms with Crippen molar-refractivity contribution in [2.24, 2.45) is 0 Å². The largest absolute Gasteiger partial charge is 2.00 e. The maximum Gasteiger partial charge on any atom is 2.00 e. The fourth-order valence-electron chi connectivity index (χ4n) is 0.136. The van der Waals surface area contributed by atoms with Crippen LogP contribution in [0.4, 0.5) is 0 Å². The van der Waals surface area contributed by atoms with Crippen LogP contribution in [-0.2, 0) is 9.59 Å². The SMILES string of the molecule is O=C([O-])/C=C/C(=O)[O-].[Pb+2]. The molecule has 0 aromatic heterocycles. The third-order valence-electron chi connectivity index (χ3n) is 0.355. The zero-order valence-corrected chi connectivity index (χ0v) is 8.18. The number of carbonyl (C=O) groups excluding carboxylic acids is 2. The molecule has 0 rings (SSSR count). The fourth-order valence-corrected chi connectivity index (χ4v) is 0.136. The van der Waals surface area contributed by atoms with Gasteiger partial charge in [0.15, 0.2) is 0 Å². The Morgan fingerprint density at radius 1 is 1.00 bits per heavy atom. The van der Waals surface area contributed by atoms with E-state index >= 15 is 0 Å². The van der Waals surface area contributed by atoms with Gasteiger partial charge in [-0.2, -0.15) is 0 Å². The van der Waals surface area contributed by atoms with Crippen molar-refractivity contribution in [3.63, 3.8) is 0 Å². The molecule has 0 heterocycles. The average Bonchev–Trinajstić information content (AvgIpc) is 1.61. The molecule has 0 atom stereocenters. The number of aliphatic carboxylic acids is 2. The van der Waals surface area contributed by atoms with Crippen LogP contribution in [0.1, 0.15) is 0 Å². The monoisotopic (exact) mass is 322 g/mol. The summed E-state index contributed by atoms with van der Waals surface area (Å²) in [7, 11) is 0. The number of carboxylic acid groups (broad SMARTS) is 2. The van der Waals surface area contributed by atoms with Gasteiger partial charge in [0.25, 0.3) is 0 Å². The number of rotatable bonds is 2. The molecule has 0 aromatic rings. The molecule has 4 nitrogen and oxygen atoms in total. The molecule has 0 aliphatic rings. The third kappa shape index (κ3) is 11.3. The van der Waals surface area contributed by atoms with Crippen LogP contribution in [0.2, 0.25) is 0 Å². The summed E-state index contributed by atoms with van der Waals surface area (Å²) in [6.45, 7) is 0. The molecule has 0 aromatic carbocycles. The summed E-state index contributed by atoms with van der Waals surface area (Å²) in [5, 5.41) is 18.8. The fraction of sp³-hybridized carbons (Fsp3) is 0. The molecule has 0 amide bonds. The molecule has 0 aliphatic carbocycles. The van der Waals surface area contributed by atoms with Crippen LogP contribution in [0.3, 0.4) is 0 Å². The molecular formula is C4H2O4Pb. The Labute approximate surface area is 71.3 Å². The number of hydrogen-bond donors (Lipinski definition) is 0. The first kappa shape index (κ1) is 11.4. The summed E-state index contributed by atoms with van der Waals surface area (Å²) in [5.74, 6) is -3.09. The molecule has 0 unspecified atom stereocenters. The maximum atomic E-state index is 9.41. The predicted molar refractivity (Wildman–Crippen MR) is 24.9 cm³/mol. The second-order valence-corrected chi connectivity index (χ2v) is 0.971. The van der Waals surface area contributed by atoms with Gasteiger partial charge in [-0.15, -0.1) is 0 Å². The van der Waals surface area contributed by atoms with Crippen molar-refractivity contribution in [2.75, 3.05) is 0 Å². The Hall–Kier alpha value is -0.398. The average molecular weight is 321 g/mol. The van der Waals surface area contributed by atoms with Gasteiger partial charge < -0.3 is 19.8 Å². The smallest absolute Gasteiger partial charge is 0.545 e. The molecule has 0 N–H and O–H groups in total. The summed E-state index contributed by atoms with van der Waals surface area (Å²) >= 11 is 0. The molecule has 0 spiro atoms. The Kier molecular flexibility index (Phi) is 7.27. The van der Waals surface area contributed by atoms with E-state index in [0.717, 1.165) is 0 Å². The summed E-state index contributed by atoms with van der Waals surface area (Å²) in [4.78, 5) is 18.8. The van der Waals surface area contributed by atoms with Crippen molar-refractivity contribution in [1.82, 2.24) is 0 Å². The van der Waals surface area contributed by atoms with E-state index in [-0.39, 0.29) is 27.3 Å². The van der Waals surface area contributed by atoms with E-state index in [1.54, 1.807) is 0 Å². The first-order valence-corrected chi connectivity index (χ1v) is 1.73. The van der Waals surface area contributed by atoms with Gasteiger partial charge >= 0.3 is 27.3 Å². The molecule has 0 bridgehead atoms. The van der Waals surface area contributed by atoms with Gasteiger partial charge in [-0.1, -0.05) is 0 Å². The first-order chi connectivity index (χ1) is 3.63. The Bertz CT molecular complexity index is 124. The van der Waals surface area contributed by atoms with E-state index in [9.17, 15) is 19.8 Å². The van der Waals surface area contributed by atoms with Crippen molar-refractivity contribution in [3.8, 4) is 0 Å². The molecule has 5 heteroatoms. The molecule has 0 saturated carbocycles. The summed E-state index contributed by atoms with van der Waals surface area (Å²) < 4.78 is 0. The minimum atomic E-state index is -1.55. The minimum Gasteiger partial charge on any atom is -0.545 e. The maximum absolute atomic E-state index is 9.41. The first-order valence-electron chi connectivity index (χ1n) is 1.73. The van der Waals surface area contributed by atoms with Gasteiger partial charge in [0.2, 0.25) is 0 Å². The van der Waals surface area contributed by atoms with Gasteiger partial charge in [0.05, 0.1) is 11.9 Å². The Morgan fingerprint density at radius 2 is 1.22 bits per heavy atom. The van der Waals surface area contributed by atoms with Gasteiger partial charge in [-0.3, -0.25) is 0 Å². The van der Waals surface area contributed by atoms with E-state index in [1.165, 1.54) is 0 Å². The molecule has 0 saturated heterocycles. The van der Waals surface area contributed by atoms with Crippen molar-refractivity contribution < 1.29 is 19.8 Å². The van der Waals surface area contributed by atoms with E-state index in [1.807, 2.05) is 0 Å². The van der Waals surface area contributed by atoms with Crippen LogP contribution in [0.5, 0.6) is 0 Å². The number of carbonyl (C=O) groups is 2. The van der Waals surface area contributed by atoms with Gasteiger partial charge in [0.1, 0.15) is 0 Å². The zero-order valence-electron chi connectivity index (χ0n) is 4.29. The van der Waals surface area contributed by atoms with Crippen molar-refractivity contribution in [2.45, 2.75) is 0 Å². The number of carboxylic acids is 2. The van der Waals surface area contributed by atoms with Gasteiger partial charge in [0, 0.05) is 0 Å². The third-order valence-corrected chi connectivity index (χ3v) is 0.355. The van der Waals surface area contributed by atoms with Crippen LogP contribution in [0, 0.1) is 0 Å². The van der Waals surface area contributed by atoms with Crippen LogP contribution in [-0.4, -0.2) is 39.2 Å². The van der Waals surface area contributed by atoms with E-state index in [4.69, 9.17) is 0 Å². The van der Waals surface area contributed by atoms with Gasteiger partial charge in [-0.05, 0) is 12.2 Å². The quantitative estimate of drug-likeness (QED) is 0.393. The van der Waals surface area contributed by atoms with Crippen LogP contribution in [0.25, 0.3) is 0 Å². The minimum absolute atomic E-state index is 0. The molecule has 46 valence electrons. The molecule has 9 heavy (non-hydrogen) atoms. The van der Waals surface area contributed by atoms with Crippen LogP contribution in [0.15, 0.2) is 12.2 Å². The second-order valence-electron chi connectivity index (χ2n) is 0.971. The zero-order chi connectivity index (χ0) is 6.57. The second kappa shape index (κ2) is 5.73. The number of hydrogen-bond acceptors (Lipinski definition) is 4. The Balaban J connectivity index is 0. The van der Waals surface area contributed by atoms with Crippen molar-refractivity contribution in [1.29, 1.82) is 0 Å². The van der Waals surface area contributed by atoms with E-state index < -0.39 is 11.9 Å². The Morgan fingerprint density at radius 3 is 1.33 bits per heavy atom. The topological polar surface area (TPSA) is 80.3 Å². The molecule has 0 fully saturated rings. The molecule has 2 radical (unpaired) electrons. The summed E-state index contributed by atoms with van der Waals surface area (Å²) in [6.07, 6.45) is 0.769. The normalized spacial score (nSPS) is 8.44. The summed E-state index contributed by atoms with van der Waals surface area (Å²) in [6, 6.07) is 0. The van der Waals surface area contributed by atoms with Crippen molar-refractivity contribution in [3.05, 3.63) is 12.2 Å². The molecular weight excluding hydrogens is 319 g/mol.